The first-order valence-corrected chi connectivity index (χ1v) is 6.33. The van der Waals surface area contributed by atoms with Crippen molar-refractivity contribution in [1.29, 1.82) is 0 Å². The highest BCUT2D eigenvalue weighted by Gasteiger charge is 2.23. The number of rotatable bonds is 4. The maximum absolute atomic E-state index is 11.3. The van der Waals surface area contributed by atoms with Crippen molar-refractivity contribution in [2.75, 3.05) is 13.1 Å². The minimum absolute atomic E-state index is 0.0436. The van der Waals surface area contributed by atoms with Gasteiger partial charge in [-0.15, -0.1) is 0 Å². The Kier molecular flexibility index (Phi) is 4.52. The van der Waals surface area contributed by atoms with Crippen LogP contribution in [0.25, 0.3) is 0 Å². The third-order valence-electron chi connectivity index (χ3n) is 3.70. The van der Waals surface area contributed by atoms with Gasteiger partial charge in [0.2, 0.25) is 5.91 Å². The van der Waals surface area contributed by atoms with Gasteiger partial charge in [0.1, 0.15) is 0 Å². The average molecular weight is 248 g/mol. The third kappa shape index (κ3) is 3.10. The molecule has 3 N–H and O–H groups in total. The van der Waals surface area contributed by atoms with Crippen LogP contribution >= 0.6 is 0 Å². The molecule has 0 unspecified atom stereocenters. The molecule has 0 saturated heterocycles. The molecule has 1 aromatic carbocycles. The zero-order valence-electron chi connectivity index (χ0n) is 12.1. The van der Waals surface area contributed by atoms with Crippen molar-refractivity contribution >= 4 is 5.91 Å². The summed E-state index contributed by atoms with van der Waals surface area (Å²) in [5.74, 6) is -0.107. The zero-order valence-corrected chi connectivity index (χ0v) is 12.1. The number of benzene rings is 1. The monoisotopic (exact) mass is 248 g/mol. The first kappa shape index (κ1) is 14.7. The van der Waals surface area contributed by atoms with Crippen molar-refractivity contribution in [3.63, 3.8) is 0 Å². The van der Waals surface area contributed by atoms with Crippen molar-refractivity contribution in [2.24, 2.45) is 5.73 Å². The largest absolute Gasteiger partial charge is 0.354 e. The second kappa shape index (κ2) is 5.53. The van der Waals surface area contributed by atoms with Crippen LogP contribution in [0.15, 0.2) is 12.1 Å². The van der Waals surface area contributed by atoms with Crippen molar-refractivity contribution in [3.8, 4) is 0 Å². The standard InChI is InChI=1S/C15H24N2O/c1-10-6-7-13(12(3)11(10)2)15(4,5)9-17-14(18)8-16/h6-7H,8-9,16H2,1-5H3,(H,17,18). The van der Waals surface area contributed by atoms with Gasteiger partial charge in [-0.05, 0) is 43.0 Å². The molecule has 3 nitrogen and oxygen atoms in total. The number of carbonyl (C=O) groups is 1. The summed E-state index contributed by atoms with van der Waals surface area (Å²) in [6, 6.07) is 4.30. The van der Waals surface area contributed by atoms with E-state index in [1.54, 1.807) is 0 Å². The predicted octanol–water partition coefficient (Wildman–Crippen LogP) is 1.96. The van der Waals surface area contributed by atoms with Crippen LogP contribution < -0.4 is 11.1 Å². The molecule has 0 atom stereocenters. The van der Waals surface area contributed by atoms with E-state index in [1.807, 2.05) is 0 Å². The number of aryl methyl sites for hydroxylation is 1. The van der Waals surface area contributed by atoms with Gasteiger partial charge < -0.3 is 11.1 Å². The van der Waals surface area contributed by atoms with E-state index < -0.39 is 0 Å². The smallest absolute Gasteiger partial charge is 0.233 e. The maximum Gasteiger partial charge on any atom is 0.233 e. The summed E-state index contributed by atoms with van der Waals surface area (Å²) in [5.41, 5.74) is 10.4. The fourth-order valence-corrected chi connectivity index (χ4v) is 2.18. The number of nitrogens with one attached hydrogen (secondary N) is 1. The molecule has 0 heterocycles. The molecular formula is C15H24N2O. The molecule has 0 aliphatic rings. The highest BCUT2D eigenvalue weighted by Crippen LogP contribution is 2.28. The molecule has 1 aromatic rings. The summed E-state index contributed by atoms with van der Waals surface area (Å²) in [5, 5.41) is 2.87. The molecule has 1 rings (SSSR count). The lowest BCUT2D eigenvalue weighted by atomic mass is 9.80. The Morgan fingerprint density at radius 3 is 2.39 bits per heavy atom. The molecule has 1 amide bonds. The summed E-state index contributed by atoms with van der Waals surface area (Å²) in [7, 11) is 0. The minimum Gasteiger partial charge on any atom is -0.354 e. The molecule has 0 radical (unpaired) electrons. The Morgan fingerprint density at radius 1 is 1.22 bits per heavy atom. The van der Waals surface area contributed by atoms with Gasteiger partial charge >= 0.3 is 0 Å². The summed E-state index contributed by atoms with van der Waals surface area (Å²) < 4.78 is 0. The number of nitrogens with two attached hydrogens (primary N) is 1. The first-order chi connectivity index (χ1) is 8.29. The second-order valence-corrected chi connectivity index (χ2v) is 5.54. The molecule has 3 heteroatoms. The van der Waals surface area contributed by atoms with Gasteiger partial charge in [0.25, 0.3) is 0 Å². The molecule has 0 fully saturated rings. The van der Waals surface area contributed by atoms with Gasteiger partial charge in [-0.2, -0.15) is 0 Å². The molecule has 0 aliphatic heterocycles. The molecule has 0 aliphatic carbocycles. The van der Waals surface area contributed by atoms with Gasteiger partial charge in [-0.25, -0.2) is 0 Å². The summed E-state index contributed by atoms with van der Waals surface area (Å²) in [6.45, 7) is 11.3. The van der Waals surface area contributed by atoms with Gasteiger partial charge in [0, 0.05) is 12.0 Å². The molecular weight excluding hydrogens is 224 g/mol. The van der Waals surface area contributed by atoms with Crippen LogP contribution in [0, 0.1) is 20.8 Å². The Bertz CT molecular complexity index is 450. The zero-order chi connectivity index (χ0) is 13.9. The van der Waals surface area contributed by atoms with Crippen molar-refractivity contribution in [1.82, 2.24) is 5.32 Å². The van der Waals surface area contributed by atoms with Crippen LogP contribution in [0.1, 0.15) is 36.1 Å². The number of hydrogen-bond donors (Lipinski definition) is 2. The van der Waals surface area contributed by atoms with E-state index in [9.17, 15) is 4.79 Å². The van der Waals surface area contributed by atoms with E-state index in [0.717, 1.165) is 0 Å². The van der Waals surface area contributed by atoms with Gasteiger partial charge in [0.05, 0.1) is 6.54 Å². The molecule has 100 valence electrons. The predicted molar refractivity (Wildman–Crippen MR) is 75.7 cm³/mol. The van der Waals surface area contributed by atoms with Gasteiger partial charge in [-0.1, -0.05) is 26.0 Å². The Morgan fingerprint density at radius 2 is 1.83 bits per heavy atom. The van der Waals surface area contributed by atoms with E-state index in [1.165, 1.54) is 22.3 Å². The minimum atomic E-state index is -0.107. The SMILES string of the molecule is Cc1ccc(C(C)(C)CNC(=O)CN)c(C)c1C. The summed E-state index contributed by atoms with van der Waals surface area (Å²) in [4.78, 5) is 11.3. The normalized spacial score (nSPS) is 11.4. The number of amides is 1. The fourth-order valence-electron chi connectivity index (χ4n) is 2.18. The molecule has 18 heavy (non-hydrogen) atoms. The van der Waals surface area contributed by atoms with E-state index in [0.29, 0.717) is 6.54 Å². The van der Waals surface area contributed by atoms with E-state index in [-0.39, 0.29) is 17.9 Å². The van der Waals surface area contributed by atoms with E-state index in [2.05, 4.69) is 52.1 Å². The van der Waals surface area contributed by atoms with Crippen LogP contribution in [-0.2, 0) is 10.2 Å². The molecule has 0 aromatic heterocycles. The van der Waals surface area contributed by atoms with Gasteiger partial charge in [-0.3, -0.25) is 4.79 Å². The van der Waals surface area contributed by atoms with Crippen LogP contribution in [0.3, 0.4) is 0 Å². The Hall–Kier alpha value is -1.35. The van der Waals surface area contributed by atoms with Crippen LogP contribution in [0.5, 0.6) is 0 Å². The summed E-state index contributed by atoms with van der Waals surface area (Å²) >= 11 is 0. The Balaban J connectivity index is 2.98. The summed E-state index contributed by atoms with van der Waals surface area (Å²) in [6.07, 6.45) is 0. The quantitative estimate of drug-likeness (QED) is 0.856. The number of carbonyl (C=O) groups excluding carboxylic acids is 1. The molecule has 0 saturated carbocycles. The van der Waals surface area contributed by atoms with Crippen molar-refractivity contribution < 1.29 is 4.79 Å². The lowest BCUT2D eigenvalue weighted by molar-refractivity contribution is -0.119. The first-order valence-electron chi connectivity index (χ1n) is 6.33. The highest BCUT2D eigenvalue weighted by atomic mass is 16.1. The van der Waals surface area contributed by atoms with Crippen molar-refractivity contribution in [3.05, 3.63) is 34.4 Å². The topological polar surface area (TPSA) is 55.1 Å². The van der Waals surface area contributed by atoms with Crippen LogP contribution in [0.4, 0.5) is 0 Å². The van der Waals surface area contributed by atoms with Crippen LogP contribution in [0.2, 0.25) is 0 Å². The third-order valence-corrected chi connectivity index (χ3v) is 3.70. The number of hydrogen-bond acceptors (Lipinski definition) is 2. The van der Waals surface area contributed by atoms with E-state index >= 15 is 0 Å². The van der Waals surface area contributed by atoms with Gasteiger partial charge in [0.15, 0.2) is 0 Å². The fraction of sp³-hybridized carbons (Fsp3) is 0.533. The molecule has 0 bridgehead atoms. The second-order valence-electron chi connectivity index (χ2n) is 5.54. The van der Waals surface area contributed by atoms with E-state index in [4.69, 9.17) is 5.73 Å². The molecule has 0 spiro atoms. The Labute approximate surface area is 110 Å². The lowest BCUT2D eigenvalue weighted by Gasteiger charge is -2.28. The highest BCUT2D eigenvalue weighted by molar-refractivity contribution is 5.77. The van der Waals surface area contributed by atoms with Crippen molar-refractivity contribution in [2.45, 2.75) is 40.0 Å². The maximum atomic E-state index is 11.3. The van der Waals surface area contributed by atoms with Crippen LogP contribution in [-0.4, -0.2) is 19.0 Å². The lowest BCUT2D eigenvalue weighted by Crippen LogP contribution is -2.40. The average Bonchev–Trinajstić information content (AvgIpc) is 2.32.